The number of rotatable bonds is 8. The zero-order chi connectivity index (χ0) is 20.1. The summed E-state index contributed by atoms with van der Waals surface area (Å²) >= 11 is 0. The number of methoxy groups -OCH3 is 1. The van der Waals surface area contributed by atoms with E-state index in [0.717, 1.165) is 18.4 Å². The fraction of sp³-hybridized carbons (Fsp3) is 0.364. The lowest BCUT2D eigenvalue weighted by molar-refractivity contribution is -0.122. The summed E-state index contributed by atoms with van der Waals surface area (Å²) in [4.78, 5) is 26.5. The molecule has 1 saturated carbocycles. The van der Waals surface area contributed by atoms with Crippen LogP contribution in [0.1, 0.15) is 34.3 Å². The van der Waals surface area contributed by atoms with Crippen LogP contribution in [0.2, 0.25) is 0 Å². The van der Waals surface area contributed by atoms with Gasteiger partial charge in [0.05, 0.1) is 7.11 Å². The van der Waals surface area contributed by atoms with Crippen LogP contribution in [0.3, 0.4) is 0 Å². The topological polar surface area (TPSA) is 67.9 Å². The molecule has 0 spiro atoms. The van der Waals surface area contributed by atoms with E-state index in [1.165, 1.54) is 12.7 Å². The number of hydrogen-bond acceptors (Lipinski definition) is 4. The van der Waals surface area contributed by atoms with E-state index in [2.05, 4.69) is 29.6 Å². The third kappa shape index (κ3) is 4.82. The van der Waals surface area contributed by atoms with Gasteiger partial charge in [0.1, 0.15) is 0 Å². The molecule has 28 heavy (non-hydrogen) atoms. The average molecular weight is 382 g/mol. The van der Waals surface area contributed by atoms with Crippen molar-refractivity contribution in [2.45, 2.75) is 32.4 Å². The van der Waals surface area contributed by atoms with Crippen LogP contribution in [0.25, 0.3) is 0 Å². The van der Waals surface area contributed by atoms with Gasteiger partial charge in [0, 0.05) is 25.2 Å². The number of amides is 2. The van der Waals surface area contributed by atoms with E-state index in [9.17, 15) is 9.59 Å². The van der Waals surface area contributed by atoms with Crippen molar-refractivity contribution in [3.8, 4) is 11.5 Å². The van der Waals surface area contributed by atoms with E-state index in [0.29, 0.717) is 23.6 Å². The first kappa shape index (κ1) is 19.7. The molecule has 0 unspecified atom stereocenters. The SMILES string of the molecule is CNC(=O)COc1ccc(C(=O)N(Cc2ccc(C)cc2)C2CC2)cc1OC. The molecule has 1 fully saturated rings. The summed E-state index contributed by atoms with van der Waals surface area (Å²) in [6.45, 7) is 2.52. The Balaban J connectivity index is 1.77. The molecule has 3 rings (SSSR count). The van der Waals surface area contributed by atoms with Crippen LogP contribution in [0.15, 0.2) is 42.5 Å². The first-order valence-corrected chi connectivity index (χ1v) is 9.39. The van der Waals surface area contributed by atoms with Crippen LogP contribution in [-0.2, 0) is 11.3 Å². The van der Waals surface area contributed by atoms with Crippen molar-refractivity contribution in [2.24, 2.45) is 0 Å². The van der Waals surface area contributed by atoms with E-state index >= 15 is 0 Å². The van der Waals surface area contributed by atoms with Gasteiger partial charge in [-0.15, -0.1) is 0 Å². The summed E-state index contributed by atoms with van der Waals surface area (Å²) in [7, 11) is 3.06. The Morgan fingerprint density at radius 3 is 2.43 bits per heavy atom. The number of aryl methyl sites for hydroxylation is 1. The monoisotopic (exact) mass is 382 g/mol. The molecule has 148 valence electrons. The Morgan fingerprint density at radius 2 is 1.82 bits per heavy atom. The van der Waals surface area contributed by atoms with Gasteiger partial charge in [-0.05, 0) is 43.5 Å². The molecule has 0 saturated heterocycles. The zero-order valence-corrected chi connectivity index (χ0v) is 16.5. The Kier molecular flexibility index (Phi) is 6.19. The number of hydrogen-bond donors (Lipinski definition) is 1. The fourth-order valence-corrected chi connectivity index (χ4v) is 2.94. The highest BCUT2D eigenvalue weighted by Gasteiger charge is 2.33. The third-order valence-electron chi connectivity index (χ3n) is 4.77. The number of nitrogens with one attached hydrogen (secondary N) is 1. The van der Waals surface area contributed by atoms with E-state index in [-0.39, 0.29) is 24.5 Å². The third-order valence-corrected chi connectivity index (χ3v) is 4.77. The lowest BCUT2D eigenvalue weighted by Gasteiger charge is -2.23. The van der Waals surface area contributed by atoms with E-state index in [1.54, 1.807) is 25.2 Å². The fourth-order valence-electron chi connectivity index (χ4n) is 2.94. The number of carbonyl (C=O) groups excluding carboxylic acids is 2. The van der Waals surface area contributed by atoms with Gasteiger partial charge in [0.2, 0.25) is 0 Å². The van der Waals surface area contributed by atoms with Crippen molar-refractivity contribution in [3.63, 3.8) is 0 Å². The second-order valence-corrected chi connectivity index (χ2v) is 6.98. The van der Waals surface area contributed by atoms with Crippen LogP contribution < -0.4 is 14.8 Å². The molecule has 0 heterocycles. The standard InChI is InChI=1S/C22H26N2O4/c1-15-4-6-16(7-5-15)13-24(18-9-10-18)22(26)17-8-11-19(20(12-17)27-3)28-14-21(25)23-2/h4-8,11-12,18H,9-10,13-14H2,1-3H3,(H,23,25). The first-order chi connectivity index (χ1) is 13.5. The summed E-state index contributed by atoms with van der Waals surface area (Å²) in [6.07, 6.45) is 2.06. The Hall–Kier alpha value is -3.02. The van der Waals surface area contributed by atoms with Crippen molar-refractivity contribution in [1.29, 1.82) is 0 Å². The minimum atomic E-state index is -0.236. The number of carbonyl (C=O) groups is 2. The Bertz CT molecular complexity index is 844. The normalized spacial score (nSPS) is 13.0. The minimum Gasteiger partial charge on any atom is -0.493 e. The first-order valence-electron chi connectivity index (χ1n) is 9.39. The molecule has 2 aromatic carbocycles. The van der Waals surface area contributed by atoms with Crippen molar-refractivity contribution >= 4 is 11.8 Å². The van der Waals surface area contributed by atoms with Gasteiger partial charge in [-0.2, -0.15) is 0 Å². The molecule has 6 nitrogen and oxygen atoms in total. The second kappa shape index (κ2) is 8.78. The van der Waals surface area contributed by atoms with Gasteiger partial charge < -0.3 is 19.7 Å². The molecule has 1 aliphatic rings. The summed E-state index contributed by atoms with van der Waals surface area (Å²) in [5, 5.41) is 2.50. The predicted octanol–water partition coefficient (Wildman–Crippen LogP) is 2.93. The number of likely N-dealkylation sites (N-methyl/N-ethyl adjacent to an activating group) is 1. The minimum absolute atomic E-state index is 0.0285. The number of benzene rings is 2. The maximum absolute atomic E-state index is 13.2. The lowest BCUT2D eigenvalue weighted by atomic mass is 10.1. The van der Waals surface area contributed by atoms with Gasteiger partial charge in [0.15, 0.2) is 18.1 Å². The molecule has 1 N–H and O–H groups in total. The summed E-state index contributed by atoms with van der Waals surface area (Å²) < 4.78 is 10.8. The van der Waals surface area contributed by atoms with Crippen molar-refractivity contribution < 1.29 is 19.1 Å². The second-order valence-electron chi connectivity index (χ2n) is 6.98. The van der Waals surface area contributed by atoms with Crippen LogP contribution in [0, 0.1) is 6.92 Å². The van der Waals surface area contributed by atoms with E-state index in [1.807, 2.05) is 11.8 Å². The highest BCUT2D eigenvalue weighted by molar-refractivity contribution is 5.95. The molecular weight excluding hydrogens is 356 g/mol. The summed E-state index contributed by atoms with van der Waals surface area (Å²) in [5.74, 6) is 0.597. The lowest BCUT2D eigenvalue weighted by Crippen LogP contribution is -2.32. The maximum Gasteiger partial charge on any atom is 0.257 e. The summed E-state index contributed by atoms with van der Waals surface area (Å²) in [6, 6.07) is 13.6. The van der Waals surface area contributed by atoms with Crippen LogP contribution in [-0.4, -0.2) is 43.5 Å². The smallest absolute Gasteiger partial charge is 0.257 e. The van der Waals surface area contributed by atoms with Gasteiger partial charge >= 0.3 is 0 Å². The average Bonchev–Trinajstić information content (AvgIpc) is 3.56. The van der Waals surface area contributed by atoms with Crippen LogP contribution in [0.4, 0.5) is 0 Å². The van der Waals surface area contributed by atoms with E-state index in [4.69, 9.17) is 9.47 Å². The highest BCUT2D eigenvalue weighted by Crippen LogP contribution is 2.33. The Morgan fingerprint density at radius 1 is 1.11 bits per heavy atom. The van der Waals surface area contributed by atoms with Crippen LogP contribution in [0.5, 0.6) is 11.5 Å². The molecule has 0 aliphatic heterocycles. The molecule has 0 atom stereocenters. The van der Waals surface area contributed by atoms with Gasteiger partial charge in [-0.3, -0.25) is 9.59 Å². The molecule has 0 aromatic heterocycles. The zero-order valence-electron chi connectivity index (χ0n) is 16.5. The molecule has 1 aliphatic carbocycles. The quantitative estimate of drug-likeness (QED) is 0.762. The molecule has 2 amide bonds. The molecular formula is C22H26N2O4. The van der Waals surface area contributed by atoms with Crippen molar-refractivity contribution in [3.05, 3.63) is 59.2 Å². The number of ether oxygens (including phenoxy) is 2. The molecule has 2 aromatic rings. The predicted molar refractivity (Wildman–Crippen MR) is 107 cm³/mol. The maximum atomic E-state index is 13.2. The van der Waals surface area contributed by atoms with Crippen molar-refractivity contribution in [2.75, 3.05) is 20.8 Å². The number of nitrogens with zero attached hydrogens (tertiary/aromatic N) is 1. The molecule has 0 radical (unpaired) electrons. The Labute approximate surface area is 165 Å². The van der Waals surface area contributed by atoms with Crippen LogP contribution >= 0.6 is 0 Å². The molecule has 6 heteroatoms. The molecule has 0 bridgehead atoms. The largest absolute Gasteiger partial charge is 0.493 e. The van der Waals surface area contributed by atoms with Gasteiger partial charge in [0.25, 0.3) is 11.8 Å². The van der Waals surface area contributed by atoms with Crippen molar-refractivity contribution in [1.82, 2.24) is 10.2 Å². The van der Waals surface area contributed by atoms with Gasteiger partial charge in [-0.1, -0.05) is 29.8 Å². The van der Waals surface area contributed by atoms with Gasteiger partial charge in [-0.25, -0.2) is 0 Å². The summed E-state index contributed by atoms with van der Waals surface area (Å²) in [5.41, 5.74) is 2.86. The van der Waals surface area contributed by atoms with E-state index < -0.39 is 0 Å². The highest BCUT2D eigenvalue weighted by atomic mass is 16.5.